The van der Waals surface area contributed by atoms with Crippen LogP contribution in [0.25, 0.3) is 0 Å². The van der Waals surface area contributed by atoms with Crippen LogP contribution < -0.4 is 0 Å². The monoisotopic (exact) mass is 112 g/mol. The minimum Gasteiger partial charge on any atom is -0.207 e. The first-order valence-electron chi connectivity index (χ1n) is 2.83. The zero-order valence-electron chi connectivity index (χ0n) is 4.95. The van der Waals surface area contributed by atoms with Crippen molar-refractivity contribution in [2.24, 2.45) is 0 Å². The molecule has 8 heavy (non-hydrogen) atoms. The maximum Gasteiger partial charge on any atom is 0.121 e. The summed E-state index contributed by atoms with van der Waals surface area (Å²) in [5.74, 6) is -0.0451. The summed E-state index contributed by atoms with van der Waals surface area (Å²) < 4.78 is 12.4. The van der Waals surface area contributed by atoms with E-state index in [0.717, 1.165) is 18.4 Å². The topological polar surface area (TPSA) is 0 Å². The molecule has 0 atom stereocenters. The Bertz CT molecular complexity index is 124. The highest BCUT2D eigenvalue weighted by Crippen LogP contribution is 2.17. The van der Waals surface area contributed by atoms with Gasteiger partial charge in [-0.15, -0.1) is 0 Å². The van der Waals surface area contributed by atoms with Crippen molar-refractivity contribution in [3.63, 3.8) is 0 Å². The first-order chi connectivity index (χ1) is 3.80. The average Bonchev–Trinajstić information content (AvgIpc) is 1.77. The molecule has 0 radical (unpaired) electrons. The predicted molar refractivity (Wildman–Crippen MR) is 32.2 cm³/mol. The molecular formula is C7H9F. The zero-order chi connectivity index (χ0) is 5.98. The van der Waals surface area contributed by atoms with E-state index in [1.807, 2.05) is 6.08 Å². The molecule has 1 heteroatoms. The molecule has 0 nitrogen and oxygen atoms in total. The number of halogens is 1. The third-order valence-electron chi connectivity index (χ3n) is 1.32. The summed E-state index contributed by atoms with van der Waals surface area (Å²) in [6, 6.07) is 0. The Morgan fingerprint density at radius 2 is 2.00 bits per heavy atom. The Morgan fingerprint density at radius 3 is 2.38 bits per heavy atom. The number of rotatable bonds is 0. The standard InChI is InChI=1S/C7H9F/c1-6-4-2-3-5-7(6)8/h4-5H,2-3H2,1H3. The van der Waals surface area contributed by atoms with Crippen LogP contribution in [0.4, 0.5) is 4.39 Å². The van der Waals surface area contributed by atoms with E-state index in [-0.39, 0.29) is 5.83 Å². The van der Waals surface area contributed by atoms with Crippen molar-refractivity contribution in [1.82, 2.24) is 0 Å². The number of hydrogen-bond donors (Lipinski definition) is 0. The van der Waals surface area contributed by atoms with Gasteiger partial charge in [0, 0.05) is 0 Å². The third-order valence-corrected chi connectivity index (χ3v) is 1.32. The molecule has 1 rings (SSSR count). The van der Waals surface area contributed by atoms with Crippen molar-refractivity contribution >= 4 is 0 Å². The molecule has 0 aromatic heterocycles. The van der Waals surface area contributed by atoms with Gasteiger partial charge in [0.2, 0.25) is 0 Å². The normalized spacial score (nSPS) is 19.8. The van der Waals surface area contributed by atoms with Crippen LogP contribution in [-0.4, -0.2) is 0 Å². The van der Waals surface area contributed by atoms with Crippen molar-refractivity contribution < 1.29 is 4.39 Å². The van der Waals surface area contributed by atoms with Gasteiger partial charge in [0.1, 0.15) is 5.83 Å². The van der Waals surface area contributed by atoms with Crippen molar-refractivity contribution in [1.29, 1.82) is 0 Å². The summed E-state index contributed by atoms with van der Waals surface area (Å²) in [7, 11) is 0. The lowest BCUT2D eigenvalue weighted by molar-refractivity contribution is 0.635. The Morgan fingerprint density at radius 1 is 1.38 bits per heavy atom. The quantitative estimate of drug-likeness (QED) is 0.451. The van der Waals surface area contributed by atoms with Crippen molar-refractivity contribution in [2.75, 3.05) is 0 Å². The highest BCUT2D eigenvalue weighted by Gasteiger charge is 2.00. The predicted octanol–water partition coefficient (Wildman–Crippen LogP) is 2.58. The highest BCUT2D eigenvalue weighted by molar-refractivity contribution is 5.25. The molecule has 0 heterocycles. The molecule has 1 aliphatic rings. The Balaban J connectivity index is 2.73. The average molecular weight is 112 g/mol. The van der Waals surface area contributed by atoms with Crippen LogP contribution in [0.2, 0.25) is 0 Å². The van der Waals surface area contributed by atoms with E-state index in [9.17, 15) is 4.39 Å². The van der Waals surface area contributed by atoms with E-state index in [1.54, 1.807) is 13.0 Å². The van der Waals surface area contributed by atoms with Gasteiger partial charge in [-0.2, -0.15) is 0 Å². The van der Waals surface area contributed by atoms with Crippen LogP contribution >= 0.6 is 0 Å². The molecular weight excluding hydrogens is 103 g/mol. The Kier molecular flexibility index (Phi) is 1.47. The van der Waals surface area contributed by atoms with Gasteiger partial charge < -0.3 is 0 Å². The lowest BCUT2D eigenvalue weighted by Crippen LogP contribution is -1.83. The second-order valence-corrected chi connectivity index (χ2v) is 2.02. The third kappa shape index (κ3) is 0.971. The van der Waals surface area contributed by atoms with Crippen molar-refractivity contribution in [2.45, 2.75) is 19.8 Å². The maximum absolute atomic E-state index is 12.4. The van der Waals surface area contributed by atoms with Crippen molar-refractivity contribution in [3.8, 4) is 0 Å². The number of allylic oxidation sites excluding steroid dienone is 4. The van der Waals surface area contributed by atoms with E-state index >= 15 is 0 Å². The Labute approximate surface area is 48.7 Å². The van der Waals surface area contributed by atoms with Crippen LogP contribution in [0.15, 0.2) is 23.6 Å². The molecule has 44 valence electrons. The van der Waals surface area contributed by atoms with Gasteiger partial charge in [-0.3, -0.25) is 0 Å². The molecule has 0 aromatic rings. The van der Waals surface area contributed by atoms with Crippen LogP contribution in [-0.2, 0) is 0 Å². The second kappa shape index (κ2) is 2.12. The summed E-state index contributed by atoms with van der Waals surface area (Å²) in [4.78, 5) is 0. The molecule has 0 unspecified atom stereocenters. The fourth-order valence-corrected chi connectivity index (χ4v) is 0.768. The molecule has 0 aliphatic heterocycles. The van der Waals surface area contributed by atoms with Crippen LogP contribution in [0, 0.1) is 0 Å². The molecule has 0 amide bonds. The molecule has 0 N–H and O–H groups in total. The first kappa shape index (κ1) is 5.54. The SMILES string of the molecule is CC1=CCCC=C1F. The van der Waals surface area contributed by atoms with E-state index in [1.165, 1.54) is 0 Å². The fourth-order valence-electron chi connectivity index (χ4n) is 0.768. The van der Waals surface area contributed by atoms with Gasteiger partial charge in [0.15, 0.2) is 0 Å². The largest absolute Gasteiger partial charge is 0.207 e. The van der Waals surface area contributed by atoms with Crippen LogP contribution in [0.3, 0.4) is 0 Å². The molecule has 0 fully saturated rings. The summed E-state index contributed by atoms with van der Waals surface area (Å²) in [6.07, 6.45) is 5.42. The minimum absolute atomic E-state index is 0.0451. The maximum atomic E-state index is 12.4. The highest BCUT2D eigenvalue weighted by atomic mass is 19.1. The van der Waals surface area contributed by atoms with Gasteiger partial charge in [-0.25, -0.2) is 4.39 Å². The number of hydrogen-bond acceptors (Lipinski definition) is 0. The minimum atomic E-state index is -0.0451. The lowest BCUT2D eigenvalue weighted by atomic mass is 10.1. The van der Waals surface area contributed by atoms with Gasteiger partial charge >= 0.3 is 0 Å². The van der Waals surface area contributed by atoms with Gasteiger partial charge in [-0.05, 0) is 31.4 Å². The van der Waals surface area contributed by atoms with Crippen molar-refractivity contribution in [3.05, 3.63) is 23.6 Å². The lowest BCUT2D eigenvalue weighted by Gasteiger charge is -2.01. The first-order valence-corrected chi connectivity index (χ1v) is 2.83. The van der Waals surface area contributed by atoms with Gasteiger partial charge in [-0.1, -0.05) is 6.08 Å². The molecule has 0 aromatic carbocycles. The van der Waals surface area contributed by atoms with E-state index in [2.05, 4.69) is 0 Å². The van der Waals surface area contributed by atoms with Gasteiger partial charge in [0.25, 0.3) is 0 Å². The summed E-state index contributed by atoms with van der Waals surface area (Å²) >= 11 is 0. The van der Waals surface area contributed by atoms with E-state index in [4.69, 9.17) is 0 Å². The zero-order valence-corrected chi connectivity index (χ0v) is 4.95. The molecule has 0 bridgehead atoms. The second-order valence-electron chi connectivity index (χ2n) is 2.02. The smallest absolute Gasteiger partial charge is 0.121 e. The summed E-state index contributed by atoms with van der Waals surface area (Å²) in [5.41, 5.74) is 0.788. The van der Waals surface area contributed by atoms with E-state index < -0.39 is 0 Å². The summed E-state index contributed by atoms with van der Waals surface area (Å²) in [6.45, 7) is 1.80. The molecule has 0 spiro atoms. The molecule has 0 saturated heterocycles. The molecule has 1 aliphatic carbocycles. The Hall–Kier alpha value is -0.590. The van der Waals surface area contributed by atoms with E-state index in [0.29, 0.717) is 0 Å². The van der Waals surface area contributed by atoms with Crippen LogP contribution in [0.1, 0.15) is 19.8 Å². The molecule has 0 saturated carbocycles. The fraction of sp³-hybridized carbons (Fsp3) is 0.429. The summed E-state index contributed by atoms with van der Waals surface area (Å²) in [5, 5.41) is 0. The van der Waals surface area contributed by atoms with Crippen LogP contribution in [0.5, 0.6) is 0 Å². The van der Waals surface area contributed by atoms with Gasteiger partial charge in [0.05, 0.1) is 0 Å².